The number of hydrogen-bond donors (Lipinski definition) is 1. The monoisotopic (exact) mass is 493 g/mol. The largest absolute Gasteiger partial charge is 0.495 e. The number of aryl methyl sites for hydroxylation is 1. The summed E-state index contributed by atoms with van der Waals surface area (Å²) in [4.78, 5) is 2.37. The fraction of sp³-hybridized carbons (Fsp3) is 0.391. The first-order valence-electron chi connectivity index (χ1n) is 10.8. The SMILES string of the molecule is COc1ccc(C)cc1S(=O)(=O)N(Cl)c1cc(NCCCN2CCOCC2)c2occc2c1. The normalized spacial score (nSPS) is 15.0. The molecule has 2 aromatic carbocycles. The Labute approximate surface area is 199 Å². The van der Waals surface area contributed by atoms with Gasteiger partial charge in [0, 0.05) is 36.8 Å². The molecule has 0 amide bonds. The third kappa shape index (κ3) is 5.22. The number of anilines is 2. The molecule has 1 aliphatic heterocycles. The lowest BCUT2D eigenvalue weighted by Gasteiger charge is -2.26. The maximum Gasteiger partial charge on any atom is 0.281 e. The van der Waals surface area contributed by atoms with Crippen molar-refractivity contribution in [2.75, 3.05) is 55.6 Å². The van der Waals surface area contributed by atoms with E-state index < -0.39 is 10.0 Å². The molecule has 10 heteroatoms. The van der Waals surface area contributed by atoms with Gasteiger partial charge in [-0.25, -0.2) is 0 Å². The van der Waals surface area contributed by atoms with E-state index in [0.29, 0.717) is 23.5 Å². The molecule has 0 atom stereocenters. The third-order valence-corrected chi connectivity index (χ3v) is 7.87. The van der Waals surface area contributed by atoms with E-state index in [0.717, 1.165) is 54.0 Å². The van der Waals surface area contributed by atoms with Crippen LogP contribution in [0.1, 0.15) is 12.0 Å². The minimum Gasteiger partial charge on any atom is -0.495 e. The smallest absolute Gasteiger partial charge is 0.281 e. The highest BCUT2D eigenvalue weighted by Gasteiger charge is 2.28. The van der Waals surface area contributed by atoms with Crippen LogP contribution in [0.3, 0.4) is 0 Å². The highest BCUT2D eigenvalue weighted by atomic mass is 35.5. The maximum absolute atomic E-state index is 13.3. The number of fused-ring (bicyclic) bond motifs is 1. The number of sulfonamides is 1. The van der Waals surface area contributed by atoms with Crippen molar-refractivity contribution in [3.8, 4) is 5.75 Å². The Kier molecular flexibility index (Phi) is 7.33. The quantitative estimate of drug-likeness (QED) is 0.352. The van der Waals surface area contributed by atoms with E-state index in [9.17, 15) is 8.42 Å². The van der Waals surface area contributed by atoms with E-state index in [1.165, 1.54) is 7.11 Å². The third-order valence-electron chi connectivity index (χ3n) is 5.62. The number of furan rings is 1. The second-order valence-corrected chi connectivity index (χ2v) is 10.2. The Bertz CT molecular complexity index is 1210. The van der Waals surface area contributed by atoms with Crippen molar-refractivity contribution in [1.29, 1.82) is 0 Å². The summed E-state index contributed by atoms with van der Waals surface area (Å²) in [5.74, 6) is 0.233. The number of morpholine rings is 1. The summed E-state index contributed by atoms with van der Waals surface area (Å²) in [5.41, 5.74) is 2.43. The lowest BCUT2D eigenvalue weighted by atomic mass is 10.2. The van der Waals surface area contributed by atoms with Crippen LogP contribution in [0.2, 0.25) is 0 Å². The van der Waals surface area contributed by atoms with Crippen LogP contribution in [0.5, 0.6) is 5.75 Å². The summed E-state index contributed by atoms with van der Waals surface area (Å²) >= 11 is 6.43. The molecule has 3 aromatic rings. The summed E-state index contributed by atoms with van der Waals surface area (Å²) < 4.78 is 43.7. The van der Waals surface area contributed by atoms with Crippen molar-refractivity contribution in [2.24, 2.45) is 0 Å². The fourth-order valence-corrected chi connectivity index (χ4v) is 5.48. The number of benzene rings is 2. The standard InChI is InChI=1S/C23H28ClN3O5S/c1-17-4-5-21(30-2)22(14-17)33(28,29)27(24)19-15-18-6-11-32-23(18)20(16-19)25-7-3-8-26-9-12-31-13-10-26/h4-6,11,14-16,25H,3,7-10,12-13H2,1-2H3. The highest BCUT2D eigenvalue weighted by Crippen LogP contribution is 2.36. The van der Waals surface area contributed by atoms with Gasteiger partial charge in [-0.05, 0) is 55.8 Å². The second-order valence-electron chi connectivity index (χ2n) is 7.94. The van der Waals surface area contributed by atoms with Gasteiger partial charge in [0.25, 0.3) is 10.0 Å². The van der Waals surface area contributed by atoms with Gasteiger partial charge in [0.1, 0.15) is 10.6 Å². The molecule has 2 heterocycles. The zero-order valence-corrected chi connectivity index (χ0v) is 20.3. The van der Waals surface area contributed by atoms with E-state index in [4.69, 9.17) is 25.7 Å². The minimum atomic E-state index is -4.07. The molecule has 0 radical (unpaired) electrons. The van der Waals surface area contributed by atoms with Gasteiger partial charge in [-0.15, -0.1) is 0 Å². The van der Waals surface area contributed by atoms with E-state index >= 15 is 0 Å². The summed E-state index contributed by atoms with van der Waals surface area (Å²) in [5, 5.41) is 4.13. The Morgan fingerprint density at radius 2 is 1.97 bits per heavy atom. The molecule has 0 saturated carbocycles. The van der Waals surface area contributed by atoms with Crippen molar-refractivity contribution in [1.82, 2.24) is 4.90 Å². The van der Waals surface area contributed by atoms with Gasteiger partial charge in [-0.2, -0.15) is 12.2 Å². The van der Waals surface area contributed by atoms with Gasteiger partial charge in [-0.1, -0.05) is 6.07 Å². The van der Waals surface area contributed by atoms with Crippen LogP contribution in [-0.2, 0) is 14.8 Å². The molecule has 8 nitrogen and oxygen atoms in total. The van der Waals surface area contributed by atoms with Gasteiger partial charge in [0.2, 0.25) is 0 Å². The van der Waals surface area contributed by atoms with Gasteiger partial charge >= 0.3 is 0 Å². The summed E-state index contributed by atoms with van der Waals surface area (Å²) in [6.07, 6.45) is 2.50. The van der Waals surface area contributed by atoms with Crippen LogP contribution in [0.4, 0.5) is 11.4 Å². The van der Waals surface area contributed by atoms with Crippen LogP contribution in [0.25, 0.3) is 11.0 Å². The van der Waals surface area contributed by atoms with E-state index in [1.807, 2.05) is 6.92 Å². The average molecular weight is 494 g/mol. The number of rotatable bonds is 9. The molecule has 1 aliphatic rings. The molecule has 178 valence electrons. The molecular weight excluding hydrogens is 466 g/mol. The molecule has 0 unspecified atom stereocenters. The topological polar surface area (TPSA) is 84.3 Å². The molecule has 1 N–H and O–H groups in total. The van der Waals surface area contributed by atoms with Gasteiger partial charge in [-0.3, -0.25) is 4.90 Å². The molecule has 0 aliphatic carbocycles. The number of nitrogens with zero attached hydrogens (tertiary/aromatic N) is 2. The molecule has 33 heavy (non-hydrogen) atoms. The van der Waals surface area contributed by atoms with Gasteiger partial charge in [0.15, 0.2) is 5.58 Å². The molecule has 1 aromatic heterocycles. The van der Waals surface area contributed by atoms with Crippen LogP contribution in [-0.4, -0.2) is 59.8 Å². The van der Waals surface area contributed by atoms with Crippen molar-refractivity contribution in [2.45, 2.75) is 18.2 Å². The van der Waals surface area contributed by atoms with Crippen LogP contribution in [0.15, 0.2) is 52.0 Å². The number of nitrogens with one attached hydrogen (secondary N) is 1. The highest BCUT2D eigenvalue weighted by molar-refractivity contribution is 7.94. The molecule has 1 saturated heterocycles. The van der Waals surface area contributed by atoms with Gasteiger partial charge in [0.05, 0.1) is 38.0 Å². The van der Waals surface area contributed by atoms with E-state index in [-0.39, 0.29) is 10.6 Å². The minimum absolute atomic E-state index is 0.00677. The molecule has 1 fully saturated rings. The lowest BCUT2D eigenvalue weighted by Crippen LogP contribution is -2.37. The Morgan fingerprint density at radius 3 is 2.73 bits per heavy atom. The van der Waals surface area contributed by atoms with Crippen molar-refractivity contribution >= 4 is 44.1 Å². The van der Waals surface area contributed by atoms with Crippen LogP contribution < -0.4 is 13.9 Å². The van der Waals surface area contributed by atoms with Crippen molar-refractivity contribution in [3.63, 3.8) is 0 Å². The average Bonchev–Trinajstić information content (AvgIpc) is 3.31. The first-order valence-corrected chi connectivity index (χ1v) is 12.6. The zero-order valence-electron chi connectivity index (χ0n) is 18.7. The first-order chi connectivity index (χ1) is 15.9. The van der Waals surface area contributed by atoms with Gasteiger partial charge < -0.3 is 19.2 Å². The fourth-order valence-electron chi connectivity index (χ4n) is 3.86. The summed E-state index contributed by atoms with van der Waals surface area (Å²) in [7, 11) is -2.64. The number of hydrogen-bond acceptors (Lipinski definition) is 7. The summed E-state index contributed by atoms with van der Waals surface area (Å²) in [6.45, 7) is 6.91. The lowest BCUT2D eigenvalue weighted by molar-refractivity contribution is 0.0378. The second kappa shape index (κ2) is 10.2. The summed E-state index contributed by atoms with van der Waals surface area (Å²) in [6, 6.07) is 10.1. The van der Waals surface area contributed by atoms with E-state index in [2.05, 4.69) is 10.2 Å². The molecular formula is C23H28ClN3O5S. The maximum atomic E-state index is 13.3. The Hall–Kier alpha value is -2.46. The molecule has 0 spiro atoms. The van der Waals surface area contributed by atoms with Crippen LogP contribution in [0, 0.1) is 6.92 Å². The Balaban J connectivity index is 1.56. The number of methoxy groups -OCH3 is 1. The predicted molar refractivity (Wildman–Crippen MR) is 130 cm³/mol. The Morgan fingerprint density at radius 1 is 1.18 bits per heavy atom. The molecule has 4 rings (SSSR count). The van der Waals surface area contributed by atoms with E-state index in [1.54, 1.807) is 42.7 Å². The number of ether oxygens (including phenoxy) is 2. The van der Waals surface area contributed by atoms with Crippen molar-refractivity contribution in [3.05, 3.63) is 48.2 Å². The predicted octanol–water partition coefficient (Wildman–Crippen LogP) is 4.23. The first kappa shape index (κ1) is 23.7. The number of halogens is 1. The van der Waals surface area contributed by atoms with Crippen LogP contribution >= 0.6 is 11.8 Å². The van der Waals surface area contributed by atoms with Crippen molar-refractivity contribution < 1.29 is 22.3 Å². The zero-order chi connectivity index (χ0) is 23.4. The molecule has 0 bridgehead atoms.